The molecule has 0 aliphatic heterocycles. The van der Waals surface area contributed by atoms with Crippen molar-refractivity contribution in [1.29, 1.82) is 0 Å². The smallest absolute Gasteiger partial charge is 0.153 e. The lowest BCUT2D eigenvalue weighted by Gasteiger charge is -2.09. The molecule has 0 unspecified atom stereocenters. The number of rotatable bonds is 3. The SMILES string of the molecule is Nc1ncc(-c2ccc3nccc(-c4ccncc4)c3c2)cc1C=O. The number of aromatic nitrogens is 3. The van der Waals surface area contributed by atoms with E-state index in [-0.39, 0.29) is 5.82 Å². The molecule has 4 aromatic rings. The lowest BCUT2D eigenvalue weighted by molar-refractivity contribution is 0.112. The molecule has 0 atom stereocenters. The highest BCUT2D eigenvalue weighted by atomic mass is 16.1. The van der Waals surface area contributed by atoms with Crippen molar-refractivity contribution >= 4 is 23.0 Å². The zero-order valence-electron chi connectivity index (χ0n) is 13.3. The minimum Gasteiger partial charge on any atom is -0.383 e. The third-order valence-electron chi connectivity index (χ3n) is 4.14. The molecule has 3 heterocycles. The number of nitrogens with two attached hydrogens (primary N) is 1. The molecule has 5 nitrogen and oxygen atoms in total. The number of fused-ring (bicyclic) bond motifs is 1. The lowest BCUT2D eigenvalue weighted by Crippen LogP contribution is -1.97. The van der Waals surface area contributed by atoms with Gasteiger partial charge in [-0.1, -0.05) is 6.07 Å². The van der Waals surface area contributed by atoms with Gasteiger partial charge < -0.3 is 5.73 Å². The predicted molar refractivity (Wildman–Crippen MR) is 98.0 cm³/mol. The fourth-order valence-corrected chi connectivity index (χ4v) is 2.85. The highest BCUT2D eigenvalue weighted by Crippen LogP contribution is 2.31. The van der Waals surface area contributed by atoms with Crippen LogP contribution in [0.15, 0.2) is 67.3 Å². The Hall–Kier alpha value is -3.60. The molecule has 0 amide bonds. The van der Waals surface area contributed by atoms with Gasteiger partial charge in [-0.25, -0.2) is 4.98 Å². The predicted octanol–water partition coefficient (Wildman–Crippen LogP) is 3.75. The van der Waals surface area contributed by atoms with Crippen molar-refractivity contribution in [2.45, 2.75) is 0 Å². The fourth-order valence-electron chi connectivity index (χ4n) is 2.85. The van der Waals surface area contributed by atoms with E-state index in [9.17, 15) is 4.79 Å². The molecule has 4 rings (SSSR count). The highest BCUT2D eigenvalue weighted by Gasteiger charge is 2.08. The van der Waals surface area contributed by atoms with Crippen molar-refractivity contribution in [2.75, 3.05) is 5.73 Å². The molecule has 0 saturated carbocycles. The van der Waals surface area contributed by atoms with Crippen LogP contribution >= 0.6 is 0 Å². The largest absolute Gasteiger partial charge is 0.383 e. The molecule has 2 N–H and O–H groups in total. The molecular weight excluding hydrogens is 312 g/mol. The van der Waals surface area contributed by atoms with E-state index in [1.807, 2.05) is 30.3 Å². The Morgan fingerprint density at radius 3 is 2.48 bits per heavy atom. The Morgan fingerprint density at radius 1 is 0.840 bits per heavy atom. The van der Waals surface area contributed by atoms with E-state index in [1.54, 1.807) is 30.9 Å². The van der Waals surface area contributed by atoms with Gasteiger partial charge in [0.1, 0.15) is 5.82 Å². The Labute approximate surface area is 144 Å². The average Bonchev–Trinajstić information content (AvgIpc) is 2.68. The second kappa shape index (κ2) is 6.13. The van der Waals surface area contributed by atoms with E-state index in [0.717, 1.165) is 39.4 Å². The van der Waals surface area contributed by atoms with Gasteiger partial charge in [0, 0.05) is 35.7 Å². The molecule has 5 heteroatoms. The molecule has 120 valence electrons. The highest BCUT2D eigenvalue weighted by molar-refractivity contribution is 5.97. The van der Waals surface area contributed by atoms with Gasteiger partial charge in [0.05, 0.1) is 11.1 Å². The van der Waals surface area contributed by atoms with Crippen LogP contribution < -0.4 is 5.73 Å². The first-order valence-corrected chi connectivity index (χ1v) is 7.76. The van der Waals surface area contributed by atoms with Gasteiger partial charge in [-0.05, 0) is 53.1 Å². The molecule has 3 aromatic heterocycles. The molecule has 25 heavy (non-hydrogen) atoms. The van der Waals surface area contributed by atoms with Crippen LogP contribution in [0.25, 0.3) is 33.2 Å². The molecular formula is C20H14N4O. The van der Waals surface area contributed by atoms with Gasteiger partial charge in [-0.15, -0.1) is 0 Å². The first-order valence-electron chi connectivity index (χ1n) is 7.76. The molecule has 0 aliphatic carbocycles. The summed E-state index contributed by atoms with van der Waals surface area (Å²) in [5, 5.41) is 1.02. The van der Waals surface area contributed by atoms with Crippen molar-refractivity contribution in [3.63, 3.8) is 0 Å². The number of carbonyl (C=O) groups excluding carboxylic acids is 1. The third kappa shape index (κ3) is 2.72. The van der Waals surface area contributed by atoms with Crippen LogP contribution in [0.3, 0.4) is 0 Å². The van der Waals surface area contributed by atoms with Gasteiger partial charge >= 0.3 is 0 Å². The quantitative estimate of drug-likeness (QED) is 0.580. The number of aldehydes is 1. The molecule has 0 bridgehead atoms. The van der Waals surface area contributed by atoms with Gasteiger partial charge in [0.2, 0.25) is 0 Å². The number of nitrogens with zero attached hydrogens (tertiary/aromatic N) is 3. The maximum atomic E-state index is 11.1. The van der Waals surface area contributed by atoms with Crippen molar-refractivity contribution in [3.05, 3.63) is 72.8 Å². The molecule has 0 saturated heterocycles. The number of nitrogen functional groups attached to an aromatic ring is 1. The van der Waals surface area contributed by atoms with E-state index in [0.29, 0.717) is 5.56 Å². The molecule has 0 radical (unpaired) electrons. The number of hydrogen-bond donors (Lipinski definition) is 1. The second-order valence-corrected chi connectivity index (χ2v) is 5.64. The summed E-state index contributed by atoms with van der Waals surface area (Å²) < 4.78 is 0. The van der Waals surface area contributed by atoms with Crippen LogP contribution in [0.2, 0.25) is 0 Å². The fraction of sp³-hybridized carbons (Fsp3) is 0. The summed E-state index contributed by atoms with van der Waals surface area (Å²) in [6, 6.07) is 13.7. The monoisotopic (exact) mass is 326 g/mol. The Kier molecular flexibility index (Phi) is 3.67. The second-order valence-electron chi connectivity index (χ2n) is 5.64. The first kappa shape index (κ1) is 15.0. The van der Waals surface area contributed by atoms with E-state index in [1.165, 1.54) is 0 Å². The van der Waals surface area contributed by atoms with Crippen molar-refractivity contribution < 1.29 is 4.79 Å². The summed E-state index contributed by atoms with van der Waals surface area (Å²) in [4.78, 5) is 23.8. The topological polar surface area (TPSA) is 81.8 Å². The number of hydrogen-bond acceptors (Lipinski definition) is 5. The number of pyridine rings is 3. The Morgan fingerprint density at radius 2 is 1.68 bits per heavy atom. The summed E-state index contributed by atoms with van der Waals surface area (Å²) in [6.45, 7) is 0. The zero-order chi connectivity index (χ0) is 17.2. The minimum atomic E-state index is 0.235. The molecule has 0 fully saturated rings. The van der Waals surface area contributed by atoms with Crippen molar-refractivity contribution in [2.24, 2.45) is 0 Å². The molecule has 0 aliphatic rings. The van der Waals surface area contributed by atoms with Crippen molar-refractivity contribution in [1.82, 2.24) is 15.0 Å². The Bertz CT molecular complexity index is 1080. The zero-order valence-corrected chi connectivity index (χ0v) is 13.3. The van der Waals surface area contributed by atoms with Crippen LogP contribution in [0.1, 0.15) is 10.4 Å². The number of benzene rings is 1. The summed E-state index contributed by atoms with van der Waals surface area (Å²) in [7, 11) is 0. The van der Waals surface area contributed by atoms with Crippen LogP contribution in [0, 0.1) is 0 Å². The summed E-state index contributed by atoms with van der Waals surface area (Å²) in [5.74, 6) is 0.235. The third-order valence-corrected chi connectivity index (χ3v) is 4.14. The van der Waals surface area contributed by atoms with E-state index in [2.05, 4.69) is 21.0 Å². The van der Waals surface area contributed by atoms with Crippen LogP contribution in [-0.2, 0) is 0 Å². The first-order chi connectivity index (χ1) is 12.3. The maximum absolute atomic E-state index is 11.1. The standard InChI is InChI=1S/C20H14N4O/c21-20-16(12-25)9-15(11-24-20)14-1-2-19-18(10-14)17(5-8-23-19)13-3-6-22-7-4-13/h1-12H,(H2,21,24). The van der Waals surface area contributed by atoms with E-state index in [4.69, 9.17) is 5.73 Å². The van der Waals surface area contributed by atoms with Crippen LogP contribution in [0.4, 0.5) is 5.82 Å². The van der Waals surface area contributed by atoms with Gasteiger partial charge in [-0.2, -0.15) is 0 Å². The lowest BCUT2D eigenvalue weighted by atomic mass is 9.98. The van der Waals surface area contributed by atoms with E-state index < -0.39 is 0 Å². The Balaban J connectivity index is 1.92. The molecule has 1 aromatic carbocycles. The van der Waals surface area contributed by atoms with Gasteiger partial charge in [-0.3, -0.25) is 14.8 Å². The maximum Gasteiger partial charge on any atom is 0.153 e. The van der Waals surface area contributed by atoms with Crippen LogP contribution in [0.5, 0.6) is 0 Å². The van der Waals surface area contributed by atoms with Gasteiger partial charge in [0.15, 0.2) is 6.29 Å². The number of anilines is 1. The normalized spacial score (nSPS) is 10.7. The van der Waals surface area contributed by atoms with E-state index >= 15 is 0 Å². The minimum absolute atomic E-state index is 0.235. The van der Waals surface area contributed by atoms with Crippen LogP contribution in [-0.4, -0.2) is 21.2 Å². The summed E-state index contributed by atoms with van der Waals surface area (Å²) in [6.07, 6.45) is 7.73. The van der Waals surface area contributed by atoms with Crippen molar-refractivity contribution in [3.8, 4) is 22.3 Å². The summed E-state index contributed by atoms with van der Waals surface area (Å²) >= 11 is 0. The number of carbonyl (C=O) groups is 1. The molecule has 0 spiro atoms. The van der Waals surface area contributed by atoms with Gasteiger partial charge in [0.25, 0.3) is 0 Å². The average molecular weight is 326 g/mol. The summed E-state index contributed by atoms with van der Waals surface area (Å²) in [5.41, 5.74) is 10.9.